The molecule has 1 atom stereocenters. The lowest BCUT2D eigenvalue weighted by Crippen LogP contribution is -2.41. The van der Waals surface area contributed by atoms with E-state index in [9.17, 15) is 4.79 Å². The Hall–Kier alpha value is -0.260. The highest BCUT2D eigenvalue weighted by atomic mass is 32.2. The molecule has 0 fully saturated rings. The van der Waals surface area contributed by atoms with Crippen molar-refractivity contribution in [2.75, 3.05) is 18.9 Å². The maximum Gasteiger partial charge on any atom is 0.236 e. The SMILES string of the molecule is CCC(CC)(CCC(=O)N(N)CCC(C)(C)C)OCCC(CC)(CC)SCC(C)C(C)C. The molecule has 0 aliphatic heterocycles. The average Bonchev–Trinajstić information content (AvgIpc) is 2.75. The fraction of sp³-hybridized carbons (Fsp3) is 0.963. The molecule has 0 radical (unpaired) electrons. The number of hydrazine groups is 1. The first-order chi connectivity index (χ1) is 14.8. The Morgan fingerprint density at radius 3 is 1.94 bits per heavy atom. The van der Waals surface area contributed by atoms with E-state index in [0.29, 0.717) is 13.0 Å². The van der Waals surface area contributed by atoms with Crippen molar-refractivity contribution in [3.63, 3.8) is 0 Å². The lowest BCUT2D eigenvalue weighted by molar-refractivity contribution is -0.134. The minimum atomic E-state index is -0.232. The number of carbonyl (C=O) groups is 1. The van der Waals surface area contributed by atoms with Crippen LogP contribution in [0.15, 0.2) is 0 Å². The fourth-order valence-corrected chi connectivity index (χ4v) is 5.41. The molecule has 5 heteroatoms. The molecule has 2 N–H and O–H groups in total. The number of carbonyl (C=O) groups excluding carboxylic acids is 1. The van der Waals surface area contributed by atoms with Crippen molar-refractivity contribution in [2.45, 2.75) is 131 Å². The highest BCUT2D eigenvalue weighted by Gasteiger charge is 2.32. The van der Waals surface area contributed by atoms with Crippen LogP contribution in [0.25, 0.3) is 0 Å². The molecule has 0 aromatic rings. The van der Waals surface area contributed by atoms with E-state index in [2.05, 4.69) is 81.0 Å². The second kappa shape index (κ2) is 14.9. The Labute approximate surface area is 205 Å². The molecular weight excluding hydrogens is 416 g/mol. The van der Waals surface area contributed by atoms with E-state index < -0.39 is 0 Å². The Kier molecular flexibility index (Phi) is 14.8. The van der Waals surface area contributed by atoms with Crippen LogP contribution in [0.3, 0.4) is 0 Å². The summed E-state index contributed by atoms with van der Waals surface area (Å²) in [5.74, 6) is 8.74. The van der Waals surface area contributed by atoms with Crippen molar-refractivity contribution in [2.24, 2.45) is 23.1 Å². The van der Waals surface area contributed by atoms with Gasteiger partial charge in [0.05, 0.1) is 5.60 Å². The van der Waals surface area contributed by atoms with E-state index in [-0.39, 0.29) is 21.7 Å². The van der Waals surface area contributed by atoms with Gasteiger partial charge in [0.2, 0.25) is 5.91 Å². The number of amides is 1. The van der Waals surface area contributed by atoms with Crippen LogP contribution in [0.1, 0.15) is 121 Å². The Morgan fingerprint density at radius 1 is 0.938 bits per heavy atom. The maximum absolute atomic E-state index is 12.6. The maximum atomic E-state index is 12.6. The number of hydrogen-bond acceptors (Lipinski definition) is 4. The van der Waals surface area contributed by atoms with Crippen LogP contribution in [-0.4, -0.2) is 40.2 Å². The van der Waals surface area contributed by atoms with Crippen LogP contribution >= 0.6 is 11.8 Å². The van der Waals surface area contributed by atoms with E-state index in [1.54, 1.807) is 0 Å². The van der Waals surface area contributed by atoms with Crippen LogP contribution in [0.4, 0.5) is 0 Å². The average molecular weight is 473 g/mol. The Balaban J connectivity index is 4.86. The van der Waals surface area contributed by atoms with E-state index in [1.165, 1.54) is 23.6 Å². The van der Waals surface area contributed by atoms with E-state index in [0.717, 1.165) is 50.5 Å². The lowest BCUT2D eigenvalue weighted by atomic mass is 9.90. The summed E-state index contributed by atoms with van der Waals surface area (Å²) in [4.78, 5) is 12.6. The molecule has 192 valence electrons. The summed E-state index contributed by atoms with van der Waals surface area (Å²) in [6.07, 6.45) is 7.35. The molecule has 0 rings (SSSR count). The van der Waals surface area contributed by atoms with Gasteiger partial charge >= 0.3 is 0 Å². The van der Waals surface area contributed by atoms with Gasteiger partial charge in [-0.2, -0.15) is 11.8 Å². The first-order valence-corrected chi connectivity index (χ1v) is 14.1. The summed E-state index contributed by atoms with van der Waals surface area (Å²) in [6, 6.07) is 0. The van der Waals surface area contributed by atoms with E-state index in [4.69, 9.17) is 10.6 Å². The summed E-state index contributed by atoms with van der Waals surface area (Å²) < 4.78 is 6.85. The minimum Gasteiger partial charge on any atom is -0.375 e. The van der Waals surface area contributed by atoms with Gasteiger partial charge in [-0.3, -0.25) is 9.80 Å². The Bertz CT molecular complexity index is 508. The summed E-state index contributed by atoms with van der Waals surface area (Å²) in [7, 11) is 0. The summed E-state index contributed by atoms with van der Waals surface area (Å²) >= 11 is 2.14. The molecule has 1 unspecified atom stereocenters. The lowest BCUT2D eigenvalue weighted by Gasteiger charge is -2.37. The van der Waals surface area contributed by atoms with Gasteiger partial charge in [-0.05, 0) is 67.9 Å². The van der Waals surface area contributed by atoms with Crippen LogP contribution in [-0.2, 0) is 9.53 Å². The van der Waals surface area contributed by atoms with Gasteiger partial charge in [-0.15, -0.1) is 0 Å². The number of nitrogens with zero attached hydrogens (tertiary/aromatic N) is 1. The quantitative estimate of drug-likeness (QED) is 0.136. The predicted octanol–water partition coefficient (Wildman–Crippen LogP) is 7.45. The number of thioether (sulfide) groups is 1. The van der Waals surface area contributed by atoms with Gasteiger partial charge in [0.1, 0.15) is 0 Å². The number of hydrogen-bond donors (Lipinski definition) is 1. The third-order valence-corrected chi connectivity index (χ3v) is 9.64. The first-order valence-electron chi connectivity index (χ1n) is 13.1. The molecule has 0 bridgehead atoms. The van der Waals surface area contributed by atoms with Crippen molar-refractivity contribution in [1.29, 1.82) is 0 Å². The molecule has 0 saturated carbocycles. The normalized spacial score (nSPS) is 14.1. The second-order valence-corrected chi connectivity index (χ2v) is 12.8. The standard InChI is InChI=1S/C27H56N2O2S/c1-11-26(12-2,16-15-24(30)29(28)19-17-25(8,9)10)31-20-18-27(13-3,14-4)32-21-23(7)22(5)6/h22-23H,11-21,28H2,1-10H3. The molecule has 0 aromatic carbocycles. The zero-order valence-corrected chi connectivity index (χ0v) is 24.0. The molecular formula is C27H56N2O2S. The number of ether oxygens (including phenoxy) is 1. The van der Waals surface area contributed by atoms with Crippen LogP contribution in [0.5, 0.6) is 0 Å². The van der Waals surface area contributed by atoms with E-state index in [1.807, 2.05) is 0 Å². The van der Waals surface area contributed by atoms with Crippen molar-refractivity contribution in [3.05, 3.63) is 0 Å². The summed E-state index contributed by atoms with van der Waals surface area (Å²) in [5, 5.41) is 1.41. The second-order valence-electron chi connectivity index (χ2n) is 11.3. The molecule has 0 aromatic heterocycles. The minimum absolute atomic E-state index is 0.0267. The summed E-state index contributed by atoms with van der Waals surface area (Å²) in [5.41, 5.74) is -0.0583. The van der Waals surface area contributed by atoms with Gasteiger partial charge in [0.25, 0.3) is 0 Å². The monoisotopic (exact) mass is 472 g/mol. The zero-order valence-electron chi connectivity index (χ0n) is 23.2. The van der Waals surface area contributed by atoms with Crippen molar-refractivity contribution in [1.82, 2.24) is 5.01 Å². The third-order valence-electron chi connectivity index (χ3n) is 7.55. The van der Waals surface area contributed by atoms with Gasteiger partial charge in [-0.1, -0.05) is 69.2 Å². The smallest absolute Gasteiger partial charge is 0.236 e. The van der Waals surface area contributed by atoms with Crippen molar-refractivity contribution < 1.29 is 9.53 Å². The Morgan fingerprint density at radius 2 is 1.50 bits per heavy atom. The van der Waals surface area contributed by atoms with Crippen LogP contribution < -0.4 is 5.84 Å². The van der Waals surface area contributed by atoms with Crippen molar-refractivity contribution >= 4 is 17.7 Å². The molecule has 0 spiro atoms. The highest BCUT2D eigenvalue weighted by Crippen LogP contribution is 2.39. The molecule has 1 amide bonds. The van der Waals surface area contributed by atoms with Crippen LogP contribution in [0.2, 0.25) is 0 Å². The zero-order chi connectivity index (χ0) is 25.0. The van der Waals surface area contributed by atoms with Gasteiger partial charge in [0, 0.05) is 24.3 Å². The molecule has 0 heterocycles. The van der Waals surface area contributed by atoms with E-state index >= 15 is 0 Å². The largest absolute Gasteiger partial charge is 0.375 e. The topological polar surface area (TPSA) is 55.6 Å². The van der Waals surface area contributed by atoms with Gasteiger partial charge < -0.3 is 4.74 Å². The molecule has 4 nitrogen and oxygen atoms in total. The van der Waals surface area contributed by atoms with Crippen LogP contribution in [0, 0.1) is 17.3 Å². The predicted molar refractivity (Wildman–Crippen MR) is 143 cm³/mol. The fourth-order valence-electron chi connectivity index (χ4n) is 3.77. The molecule has 32 heavy (non-hydrogen) atoms. The first kappa shape index (κ1) is 31.7. The molecule has 0 aliphatic rings. The highest BCUT2D eigenvalue weighted by molar-refractivity contribution is 8.00. The molecule has 0 saturated heterocycles. The van der Waals surface area contributed by atoms with Gasteiger partial charge in [0.15, 0.2) is 0 Å². The number of nitrogens with two attached hydrogens (primary N) is 1. The summed E-state index contributed by atoms with van der Waals surface area (Å²) in [6.45, 7) is 23.9. The van der Waals surface area contributed by atoms with Gasteiger partial charge in [-0.25, -0.2) is 5.84 Å². The third kappa shape index (κ3) is 11.7. The number of rotatable bonds is 17. The van der Waals surface area contributed by atoms with Crippen molar-refractivity contribution in [3.8, 4) is 0 Å². The molecule has 0 aliphatic carbocycles.